The van der Waals surface area contributed by atoms with Gasteiger partial charge in [0.2, 0.25) is 0 Å². The Labute approximate surface area is 105 Å². The first-order chi connectivity index (χ1) is 8.18. The molecule has 0 spiro atoms. The highest BCUT2D eigenvalue weighted by Crippen LogP contribution is 2.25. The Morgan fingerprint density at radius 1 is 1.24 bits per heavy atom. The van der Waals surface area contributed by atoms with Gasteiger partial charge < -0.3 is 0 Å². The van der Waals surface area contributed by atoms with E-state index in [0.29, 0.717) is 5.02 Å². The number of Topliss-reactive ketones (excluding diaryl/α,β-unsaturated/α-hetero) is 1. The molecular formula is C14H14ClFO. The van der Waals surface area contributed by atoms with Crippen LogP contribution in [0.5, 0.6) is 0 Å². The number of hydrogen-bond acceptors (Lipinski definition) is 1. The maximum absolute atomic E-state index is 13.1. The summed E-state index contributed by atoms with van der Waals surface area (Å²) >= 11 is 5.94. The summed E-state index contributed by atoms with van der Waals surface area (Å²) in [6.07, 6.45) is 6.94. The zero-order chi connectivity index (χ0) is 12.3. The molecule has 2 rings (SSSR count). The van der Waals surface area contributed by atoms with Crippen molar-refractivity contribution in [3.05, 3.63) is 46.3 Å². The lowest BCUT2D eigenvalue weighted by Gasteiger charge is -2.06. The minimum absolute atomic E-state index is 0.128. The molecule has 1 nitrogen and oxygen atoms in total. The smallest absolute Gasteiger partial charge is 0.190 e. The second-order valence-electron chi connectivity index (χ2n) is 4.28. The molecule has 90 valence electrons. The number of carbonyl (C=O) groups is 1. The lowest BCUT2D eigenvalue weighted by atomic mass is 9.99. The van der Waals surface area contributed by atoms with Gasteiger partial charge in [0, 0.05) is 5.56 Å². The minimum Gasteiger partial charge on any atom is -0.289 e. The second-order valence-corrected chi connectivity index (χ2v) is 4.69. The average Bonchev–Trinajstić information content (AvgIpc) is 2.60. The van der Waals surface area contributed by atoms with Crippen molar-refractivity contribution in [1.82, 2.24) is 0 Å². The molecule has 0 bridgehead atoms. The zero-order valence-corrected chi connectivity index (χ0v) is 10.3. The number of benzene rings is 1. The van der Waals surface area contributed by atoms with Gasteiger partial charge in [-0.05, 0) is 49.5 Å². The van der Waals surface area contributed by atoms with Crippen LogP contribution in [0.4, 0.5) is 4.39 Å². The Morgan fingerprint density at radius 2 is 2.06 bits per heavy atom. The van der Waals surface area contributed by atoms with E-state index in [1.54, 1.807) is 0 Å². The van der Waals surface area contributed by atoms with Gasteiger partial charge in [-0.1, -0.05) is 24.1 Å². The van der Waals surface area contributed by atoms with Gasteiger partial charge >= 0.3 is 0 Å². The van der Waals surface area contributed by atoms with Crippen LogP contribution in [0.3, 0.4) is 0 Å². The van der Waals surface area contributed by atoms with Crippen molar-refractivity contribution in [2.45, 2.75) is 32.1 Å². The van der Waals surface area contributed by atoms with Gasteiger partial charge in [0.1, 0.15) is 5.82 Å². The van der Waals surface area contributed by atoms with Crippen molar-refractivity contribution < 1.29 is 9.18 Å². The van der Waals surface area contributed by atoms with Crippen LogP contribution in [-0.2, 0) is 0 Å². The van der Waals surface area contributed by atoms with E-state index < -0.39 is 5.82 Å². The van der Waals surface area contributed by atoms with Crippen LogP contribution in [0.15, 0.2) is 29.8 Å². The topological polar surface area (TPSA) is 17.1 Å². The van der Waals surface area contributed by atoms with E-state index in [2.05, 4.69) is 0 Å². The summed E-state index contributed by atoms with van der Waals surface area (Å²) in [5.74, 6) is -0.552. The van der Waals surface area contributed by atoms with E-state index in [1.807, 2.05) is 6.08 Å². The molecule has 0 radical (unpaired) electrons. The molecule has 1 aromatic carbocycles. The first-order valence-corrected chi connectivity index (χ1v) is 6.25. The molecule has 0 heterocycles. The standard InChI is InChI=1S/C14H14ClFO/c15-13-8-7-11(16)9-12(13)14(17)10-5-3-1-2-4-6-10/h5,7-9H,1-4,6H2. The molecule has 0 atom stereocenters. The molecule has 1 aliphatic rings. The lowest BCUT2D eigenvalue weighted by molar-refractivity contribution is 0.103. The molecule has 0 amide bonds. The Bertz CT molecular complexity index is 465. The van der Waals surface area contributed by atoms with Gasteiger partial charge in [-0.3, -0.25) is 4.79 Å². The summed E-state index contributed by atoms with van der Waals surface area (Å²) in [7, 11) is 0. The number of halogens is 2. The van der Waals surface area contributed by atoms with Crippen molar-refractivity contribution in [3.63, 3.8) is 0 Å². The van der Waals surface area contributed by atoms with Crippen LogP contribution in [0.2, 0.25) is 5.02 Å². The van der Waals surface area contributed by atoms with Crippen molar-refractivity contribution >= 4 is 17.4 Å². The predicted octanol–water partition coefficient (Wildman–Crippen LogP) is 4.55. The molecule has 0 saturated heterocycles. The maximum atomic E-state index is 13.1. The lowest BCUT2D eigenvalue weighted by Crippen LogP contribution is -2.04. The van der Waals surface area contributed by atoms with Crippen LogP contribution in [0.25, 0.3) is 0 Å². The van der Waals surface area contributed by atoms with Gasteiger partial charge in [-0.15, -0.1) is 0 Å². The summed E-state index contributed by atoms with van der Waals surface area (Å²) in [5.41, 5.74) is 1.05. The Balaban J connectivity index is 2.29. The van der Waals surface area contributed by atoms with Crippen LogP contribution in [-0.4, -0.2) is 5.78 Å². The third kappa shape index (κ3) is 2.95. The Hall–Kier alpha value is -1.15. The van der Waals surface area contributed by atoms with Crippen LogP contribution >= 0.6 is 11.6 Å². The zero-order valence-electron chi connectivity index (χ0n) is 9.51. The number of allylic oxidation sites excluding steroid dienone is 2. The fraction of sp³-hybridized carbons (Fsp3) is 0.357. The van der Waals surface area contributed by atoms with Crippen LogP contribution < -0.4 is 0 Å². The van der Waals surface area contributed by atoms with E-state index in [9.17, 15) is 9.18 Å². The first-order valence-electron chi connectivity index (χ1n) is 5.87. The minimum atomic E-state index is -0.424. The Kier molecular flexibility index (Phi) is 3.95. The number of ketones is 1. The monoisotopic (exact) mass is 252 g/mol. The molecule has 0 aromatic heterocycles. The largest absolute Gasteiger partial charge is 0.289 e. The molecule has 0 unspecified atom stereocenters. The normalized spacial score (nSPS) is 16.2. The molecule has 3 heteroatoms. The highest BCUT2D eigenvalue weighted by molar-refractivity contribution is 6.34. The highest BCUT2D eigenvalue weighted by Gasteiger charge is 2.17. The molecular weight excluding hydrogens is 239 g/mol. The molecule has 17 heavy (non-hydrogen) atoms. The molecule has 1 aromatic rings. The summed E-state index contributed by atoms with van der Waals surface area (Å²) in [5, 5.41) is 0.321. The number of rotatable bonds is 2. The number of carbonyl (C=O) groups excluding carboxylic acids is 1. The summed E-state index contributed by atoms with van der Waals surface area (Å²) in [6.45, 7) is 0. The Morgan fingerprint density at radius 3 is 2.88 bits per heavy atom. The van der Waals surface area contributed by atoms with Gasteiger partial charge in [-0.25, -0.2) is 4.39 Å². The van der Waals surface area contributed by atoms with Gasteiger partial charge in [0.15, 0.2) is 5.78 Å². The van der Waals surface area contributed by atoms with Crippen LogP contribution in [0.1, 0.15) is 42.5 Å². The van der Waals surface area contributed by atoms with E-state index in [1.165, 1.54) is 18.2 Å². The van der Waals surface area contributed by atoms with Crippen molar-refractivity contribution in [1.29, 1.82) is 0 Å². The van der Waals surface area contributed by atoms with Gasteiger partial charge in [-0.2, -0.15) is 0 Å². The average molecular weight is 253 g/mol. The van der Waals surface area contributed by atoms with E-state index in [-0.39, 0.29) is 11.3 Å². The van der Waals surface area contributed by atoms with Crippen LogP contribution in [0, 0.1) is 5.82 Å². The molecule has 0 saturated carbocycles. The fourth-order valence-corrected chi connectivity index (χ4v) is 2.27. The van der Waals surface area contributed by atoms with E-state index >= 15 is 0 Å². The second kappa shape index (κ2) is 5.46. The summed E-state index contributed by atoms with van der Waals surface area (Å²) in [6, 6.07) is 3.92. The summed E-state index contributed by atoms with van der Waals surface area (Å²) in [4.78, 5) is 12.2. The van der Waals surface area contributed by atoms with E-state index in [0.717, 1.165) is 37.7 Å². The van der Waals surface area contributed by atoms with Crippen molar-refractivity contribution in [3.8, 4) is 0 Å². The molecule has 0 aliphatic heterocycles. The van der Waals surface area contributed by atoms with Crippen molar-refractivity contribution in [2.24, 2.45) is 0 Å². The van der Waals surface area contributed by atoms with Gasteiger partial charge in [0.25, 0.3) is 0 Å². The van der Waals surface area contributed by atoms with E-state index in [4.69, 9.17) is 11.6 Å². The number of hydrogen-bond donors (Lipinski definition) is 0. The highest BCUT2D eigenvalue weighted by atomic mass is 35.5. The van der Waals surface area contributed by atoms with Crippen molar-refractivity contribution in [2.75, 3.05) is 0 Å². The molecule has 0 N–H and O–H groups in total. The predicted molar refractivity (Wildman–Crippen MR) is 66.9 cm³/mol. The third-order valence-corrected chi connectivity index (χ3v) is 3.34. The SMILES string of the molecule is O=C(C1=CCCCCC1)c1cc(F)ccc1Cl. The third-order valence-electron chi connectivity index (χ3n) is 3.01. The molecule has 0 fully saturated rings. The van der Waals surface area contributed by atoms with Gasteiger partial charge in [0.05, 0.1) is 5.02 Å². The summed E-state index contributed by atoms with van der Waals surface area (Å²) < 4.78 is 13.1. The maximum Gasteiger partial charge on any atom is 0.190 e. The quantitative estimate of drug-likeness (QED) is 0.706. The molecule has 1 aliphatic carbocycles. The first kappa shape index (κ1) is 12.3. The fourth-order valence-electron chi connectivity index (χ4n) is 2.07.